The summed E-state index contributed by atoms with van der Waals surface area (Å²) in [6.07, 6.45) is 7.08. The van der Waals surface area contributed by atoms with Crippen molar-refractivity contribution in [2.45, 2.75) is 88.9 Å². The standard InChI is InChI=1S/C34H38Cl2N4O5S2/c1-19(2)44-26-17-22(32(41)39-47(42,43)34(3)13-14-34)18-27-30(26)37-33(46-27)40-15-11-20(12-16-40)7-10-23-29(38-45-31(23)21-8-9-21)28-24(35)5-4-6-25(28)36/h4-6,17-21H,7-16H2,1-3H3,(H,39,41). The normalized spacial score (nSPS) is 18.2. The Morgan fingerprint density at radius 2 is 1.85 bits per heavy atom. The molecule has 0 spiro atoms. The molecular weight excluding hydrogens is 679 g/mol. The first-order valence-corrected chi connectivity index (χ1v) is 19.3. The minimum absolute atomic E-state index is 0.146. The fourth-order valence-corrected chi connectivity index (χ4v) is 9.16. The largest absolute Gasteiger partial charge is 0.489 e. The van der Waals surface area contributed by atoms with Crippen molar-refractivity contribution in [1.29, 1.82) is 0 Å². The monoisotopic (exact) mass is 716 g/mol. The molecule has 1 aliphatic heterocycles. The Labute approximate surface area is 289 Å². The first-order chi connectivity index (χ1) is 22.4. The fraction of sp³-hybridized carbons (Fsp3) is 0.500. The van der Waals surface area contributed by atoms with Gasteiger partial charge in [0.2, 0.25) is 10.0 Å². The van der Waals surface area contributed by atoms with Crippen LogP contribution in [0.4, 0.5) is 5.13 Å². The van der Waals surface area contributed by atoms with Crippen molar-refractivity contribution in [2.24, 2.45) is 5.92 Å². The highest BCUT2D eigenvalue weighted by molar-refractivity contribution is 7.91. The number of carbonyl (C=O) groups excluding carboxylic acids is 1. The number of halogens is 2. The van der Waals surface area contributed by atoms with Gasteiger partial charge in [0.05, 0.1) is 25.6 Å². The van der Waals surface area contributed by atoms with Crippen molar-refractivity contribution in [3.63, 3.8) is 0 Å². The van der Waals surface area contributed by atoms with Crippen molar-refractivity contribution in [3.8, 4) is 17.0 Å². The summed E-state index contributed by atoms with van der Waals surface area (Å²) in [5, 5.41) is 6.47. The van der Waals surface area contributed by atoms with Gasteiger partial charge in [-0.3, -0.25) is 4.79 Å². The van der Waals surface area contributed by atoms with Crippen LogP contribution in [-0.4, -0.2) is 48.4 Å². The van der Waals surface area contributed by atoms with Gasteiger partial charge >= 0.3 is 0 Å². The summed E-state index contributed by atoms with van der Waals surface area (Å²) in [7, 11) is -3.77. The predicted octanol–water partition coefficient (Wildman–Crippen LogP) is 8.38. The summed E-state index contributed by atoms with van der Waals surface area (Å²) in [5.41, 5.74) is 3.56. The summed E-state index contributed by atoms with van der Waals surface area (Å²) in [6, 6.07) is 8.83. The Kier molecular flexibility index (Phi) is 8.72. The van der Waals surface area contributed by atoms with Gasteiger partial charge in [0.15, 0.2) is 5.13 Å². The number of ether oxygens (including phenoxy) is 1. The van der Waals surface area contributed by atoms with Gasteiger partial charge in [0, 0.05) is 35.7 Å². The van der Waals surface area contributed by atoms with E-state index in [1.54, 1.807) is 19.1 Å². The molecule has 3 heterocycles. The van der Waals surface area contributed by atoms with E-state index in [2.05, 4.69) is 14.8 Å². The van der Waals surface area contributed by atoms with E-state index in [1.807, 2.05) is 32.0 Å². The van der Waals surface area contributed by atoms with Crippen LogP contribution >= 0.6 is 34.5 Å². The third-order valence-corrected chi connectivity index (χ3v) is 13.4. The lowest BCUT2D eigenvalue weighted by molar-refractivity contribution is 0.0980. The lowest BCUT2D eigenvalue weighted by atomic mass is 9.89. The number of hydrogen-bond donors (Lipinski definition) is 1. The molecule has 2 aromatic carbocycles. The van der Waals surface area contributed by atoms with Crippen LogP contribution in [-0.2, 0) is 16.4 Å². The van der Waals surface area contributed by atoms with E-state index in [-0.39, 0.29) is 11.7 Å². The Balaban J connectivity index is 1.05. The van der Waals surface area contributed by atoms with E-state index in [0.717, 1.165) is 84.0 Å². The van der Waals surface area contributed by atoms with Gasteiger partial charge in [-0.25, -0.2) is 18.1 Å². The number of amides is 1. The highest BCUT2D eigenvalue weighted by atomic mass is 35.5. The van der Waals surface area contributed by atoms with E-state index in [4.69, 9.17) is 37.4 Å². The molecular formula is C34H38Cl2N4O5S2. The smallest absolute Gasteiger partial charge is 0.264 e. The predicted molar refractivity (Wildman–Crippen MR) is 187 cm³/mol. The lowest BCUT2D eigenvalue weighted by Crippen LogP contribution is -2.38. The van der Waals surface area contributed by atoms with Gasteiger partial charge in [-0.1, -0.05) is 45.8 Å². The van der Waals surface area contributed by atoms with Crippen LogP contribution in [0.1, 0.15) is 93.3 Å². The van der Waals surface area contributed by atoms with Crippen molar-refractivity contribution >= 4 is 65.8 Å². The van der Waals surface area contributed by atoms with E-state index < -0.39 is 20.7 Å². The van der Waals surface area contributed by atoms with E-state index in [9.17, 15) is 13.2 Å². The van der Waals surface area contributed by atoms with E-state index >= 15 is 0 Å². The molecule has 0 bridgehead atoms. The van der Waals surface area contributed by atoms with Gasteiger partial charge in [0.1, 0.15) is 22.7 Å². The average molecular weight is 718 g/mol. The number of benzene rings is 2. The van der Waals surface area contributed by atoms with Gasteiger partial charge in [0.25, 0.3) is 5.91 Å². The minimum atomic E-state index is -3.77. The molecule has 0 radical (unpaired) electrons. The van der Waals surface area contributed by atoms with Crippen LogP contribution < -0.4 is 14.4 Å². The van der Waals surface area contributed by atoms with E-state index in [1.165, 1.54) is 11.3 Å². The molecule has 13 heteroatoms. The zero-order valence-corrected chi connectivity index (χ0v) is 29.8. The van der Waals surface area contributed by atoms with Crippen molar-refractivity contribution in [1.82, 2.24) is 14.9 Å². The number of thiazole rings is 1. The molecule has 3 fully saturated rings. The SMILES string of the molecule is CC(C)Oc1cc(C(=O)NS(=O)(=O)C2(C)CC2)cc2sc(N3CCC(CCc4c(-c5c(Cl)cccc5Cl)noc4C4CC4)CC3)nc12. The summed E-state index contributed by atoms with van der Waals surface area (Å²) >= 11 is 14.6. The molecule has 3 aliphatic rings. The number of anilines is 1. The number of aromatic nitrogens is 2. The molecule has 47 heavy (non-hydrogen) atoms. The zero-order chi connectivity index (χ0) is 33.1. The first kappa shape index (κ1) is 32.7. The molecule has 9 nitrogen and oxygen atoms in total. The third-order valence-electron chi connectivity index (χ3n) is 9.56. The van der Waals surface area contributed by atoms with Gasteiger partial charge in [-0.05, 0) is 102 Å². The molecule has 0 unspecified atom stereocenters. The molecule has 250 valence electrons. The van der Waals surface area contributed by atoms with Crippen molar-refractivity contribution < 1.29 is 22.5 Å². The second-order valence-electron chi connectivity index (χ2n) is 13.6. The number of hydrogen-bond acceptors (Lipinski definition) is 9. The van der Waals surface area contributed by atoms with Crippen molar-refractivity contribution in [2.75, 3.05) is 18.0 Å². The van der Waals surface area contributed by atoms with Crippen LogP contribution in [0.2, 0.25) is 10.0 Å². The summed E-state index contributed by atoms with van der Waals surface area (Å²) in [6.45, 7) is 7.20. The molecule has 7 rings (SSSR count). The number of nitrogens with one attached hydrogen (secondary N) is 1. The topological polar surface area (TPSA) is 115 Å². The van der Waals surface area contributed by atoms with Crippen LogP contribution in [0.3, 0.4) is 0 Å². The number of sulfonamides is 1. The Morgan fingerprint density at radius 1 is 1.15 bits per heavy atom. The second-order valence-corrected chi connectivity index (χ2v) is 17.6. The van der Waals surface area contributed by atoms with Crippen LogP contribution in [0.5, 0.6) is 5.75 Å². The zero-order valence-electron chi connectivity index (χ0n) is 26.6. The lowest BCUT2D eigenvalue weighted by Gasteiger charge is -2.31. The van der Waals surface area contributed by atoms with E-state index in [0.29, 0.717) is 46.0 Å². The molecule has 4 aromatic rings. The third kappa shape index (κ3) is 6.60. The summed E-state index contributed by atoms with van der Waals surface area (Å²) in [5.74, 6) is 1.76. The van der Waals surface area contributed by atoms with Crippen LogP contribution in [0.25, 0.3) is 21.5 Å². The fourth-order valence-electron chi connectivity index (χ4n) is 6.26. The Bertz CT molecular complexity index is 1920. The quantitative estimate of drug-likeness (QED) is 0.165. The maximum Gasteiger partial charge on any atom is 0.264 e. The first-order valence-electron chi connectivity index (χ1n) is 16.3. The number of fused-ring (bicyclic) bond motifs is 1. The minimum Gasteiger partial charge on any atom is -0.489 e. The number of rotatable bonds is 11. The maximum absolute atomic E-state index is 13.1. The molecule has 2 aliphatic carbocycles. The summed E-state index contributed by atoms with van der Waals surface area (Å²) < 4.78 is 39.6. The number of piperidine rings is 1. The number of carbonyl (C=O) groups is 1. The van der Waals surface area contributed by atoms with Gasteiger partial charge in [-0.2, -0.15) is 0 Å². The van der Waals surface area contributed by atoms with Crippen LogP contribution in [0.15, 0.2) is 34.9 Å². The van der Waals surface area contributed by atoms with Crippen LogP contribution in [0, 0.1) is 5.92 Å². The maximum atomic E-state index is 13.1. The van der Waals surface area contributed by atoms with Crippen molar-refractivity contribution in [3.05, 3.63) is 57.3 Å². The Morgan fingerprint density at radius 3 is 2.49 bits per heavy atom. The molecule has 2 aromatic heterocycles. The van der Waals surface area contributed by atoms with Gasteiger partial charge < -0.3 is 14.2 Å². The van der Waals surface area contributed by atoms with Gasteiger partial charge in [-0.15, -0.1) is 0 Å². The molecule has 0 atom stereocenters. The number of nitrogens with zero attached hydrogens (tertiary/aromatic N) is 3. The molecule has 1 amide bonds. The Hall–Kier alpha value is -2.86. The highest BCUT2D eigenvalue weighted by Gasteiger charge is 2.51. The molecule has 1 saturated heterocycles. The second kappa shape index (κ2) is 12.5. The average Bonchev–Trinajstić information content (AvgIpc) is 3.93. The summed E-state index contributed by atoms with van der Waals surface area (Å²) in [4.78, 5) is 20.4. The molecule has 2 saturated carbocycles. The highest BCUT2D eigenvalue weighted by Crippen LogP contribution is 2.47. The molecule has 1 N–H and O–H groups in total.